The van der Waals surface area contributed by atoms with Gasteiger partial charge in [-0.1, -0.05) is 45.0 Å². The fourth-order valence-electron chi connectivity index (χ4n) is 2.40. The molecule has 1 saturated heterocycles. The topological polar surface area (TPSA) is 62.3 Å². The van der Waals surface area contributed by atoms with Crippen molar-refractivity contribution in [3.8, 4) is 0 Å². The lowest BCUT2D eigenvalue weighted by molar-refractivity contribution is 0.00236. The Morgan fingerprint density at radius 1 is 1.35 bits per heavy atom. The van der Waals surface area contributed by atoms with E-state index in [0.29, 0.717) is 13.2 Å². The summed E-state index contributed by atoms with van der Waals surface area (Å²) >= 11 is 0. The fraction of sp³-hybridized carbons (Fsp3) is 0.562. The van der Waals surface area contributed by atoms with E-state index in [-0.39, 0.29) is 17.4 Å². The van der Waals surface area contributed by atoms with Crippen LogP contribution in [0, 0.1) is 5.41 Å². The second-order valence-corrected chi connectivity index (χ2v) is 6.50. The molecule has 1 aliphatic heterocycles. The van der Waals surface area contributed by atoms with E-state index < -0.39 is 0 Å². The Bertz CT molecular complexity index is 462. The zero-order valence-electron chi connectivity index (χ0n) is 12.6. The van der Waals surface area contributed by atoms with Gasteiger partial charge in [-0.15, -0.1) is 0 Å². The largest absolute Gasteiger partial charge is 0.385 e. The van der Waals surface area contributed by atoms with Crippen LogP contribution in [0.1, 0.15) is 31.9 Å². The van der Waals surface area contributed by atoms with Gasteiger partial charge in [0.1, 0.15) is 11.9 Å². The molecule has 1 fully saturated rings. The van der Waals surface area contributed by atoms with Crippen LogP contribution in [0.2, 0.25) is 0 Å². The number of morpholine rings is 1. The van der Waals surface area contributed by atoms with Crippen molar-refractivity contribution in [3.63, 3.8) is 0 Å². The normalized spacial score (nSPS) is 20.9. The van der Waals surface area contributed by atoms with E-state index in [1.807, 2.05) is 0 Å². The number of hydrogen-bond acceptors (Lipinski definition) is 3. The Hall–Kier alpha value is -1.39. The smallest absolute Gasteiger partial charge is 0.127 e. The SMILES string of the molecule is CC(C)(C)c1ccc(CN2CCOC(C(=N)N)C2)cc1. The van der Waals surface area contributed by atoms with E-state index >= 15 is 0 Å². The highest BCUT2D eigenvalue weighted by Gasteiger charge is 2.22. The third kappa shape index (κ3) is 3.81. The predicted molar refractivity (Wildman–Crippen MR) is 82.1 cm³/mol. The fourth-order valence-corrected chi connectivity index (χ4v) is 2.40. The Morgan fingerprint density at radius 2 is 2.00 bits per heavy atom. The first kappa shape index (κ1) is 15.0. The molecule has 1 heterocycles. The molecule has 1 unspecified atom stereocenters. The molecule has 0 spiro atoms. The van der Waals surface area contributed by atoms with Gasteiger partial charge in [0.2, 0.25) is 0 Å². The molecule has 1 atom stereocenters. The van der Waals surface area contributed by atoms with E-state index in [1.54, 1.807) is 0 Å². The average molecular weight is 275 g/mol. The zero-order valence-corrected chi connectivity index (χ0v) is 12.6. The third-order valence-electron chi connectivity index (χ3n) is 3.72. The summed E-state index contributed by atoms with van der Waals surface area (Å²) in [5.41, 5.74) is 8.36. The lowest BCUT2D eigenvalue weighted by atomic mass is 9.87. The van der Waals surface area contributed by atoms with Crippen molar-refractivity contribution in [3.05, 3.63) is 35.4 Å². The molecule has 0 bridgehead atoms. The number of ether oxygens (including phenoxy) is 1. The molecule has 1 aromatic carbocycles. The maximum atomic E-state index is 7.48. The lowest BCUT2D eigenvalue weighted by Crippen LogP contribution is -2.47. The number of nitrogens with two attached hydrogens (primary N) is 1. The summed E-state index contributed by atoms with van der Waals surface area (Å²) in [7, 11) is 0. The molecule has 4 nitrogen and oxygen atoms in total. The highest BCUT2D eigenvalue weighted by atomic mass is 16.5. The molecule has 0 amide bonds. The van der Waals surface area contributed by atoms with Crippen molar-refractivity contribution >= 4 is 5.84 Å². The van der Waals surface area contributed by atoms with Crippen molar-refractivity contribution in [2.45, 2.75) is 38.8 Å². The van der Waals surface area contributed by atoms with Crippen LogP contribution in [0.15, 0.2) is 24.3 Å². The highest BCUT2D eigenvalue weighted by molar-refractivity contribution is 5.82. The van der Waals surface area contributed by atoms with E-state index in [1.165, 1.54) is 11.1 Å². The van der Waals surface area contributed by atoms with Gasteiger partial charge >= 0.3 is 0 Å². The van der Waals surface area contributed by atoms with Crippen LogP contribution >= 0.6 is 0 Å². The number of rotatable bonds is 3. The monoisotopic (exact) mass is 275 g/mol. The summed E-state index contributed by atoms with van der Waals surface area (Å²) in [4.78, 5) is 2.29. The van der Waals surface area contributed by atoms with E-state index in [4.69, 9.17) is 15.9 Å². The molecular formula is C16H25N3O. The number of hydrogen-bond donors (Lipinski definition) is 2. The van der Waals surface area contributed by atoms with Crippen LogP contribution in [0.3, 0.4) is 0 Å². The lowest BCUT2D eigenvalue weighted by Gasteiger charge is -2.32. The minimum absolute atomic E-state index is 0.123. The predicted octanol–water partition coefficient (Wildman–Crippen LogP) is 2.12. The molecule has 1 aliphatic rings. The molecule has 1 aromatic rings. The van der Waals surface area contributed by atoms with E-state index in [2.05, 4.69) is 49.9 Å². The van der Waals surface area contributed by atoms with Crippen LogP contribution in [-0.2, 0) is 16.7 Å². The summed E-state index contributed by atoms with van der Waals surface area (Å²) in [5, 5.41) is 7.48. The molecule has 20 heavy (non-hydrogen) atoms. The van der Waals surface area contributed by atoms with Gasteiger partial charge in [0.25, 0.3) is 0 Å². The van der Waals surface area contributed by atoms with Gasteiger partial charge < -0.3 is 10.5 Å². The van der Waals surface area contributed by atoms with Crippen molar-refractivity contribution in [2.75, 3.05) is 19.7 Å². The summed E-state index contributed by atoms with van der Waals surface area (Å²) in [6.45, 7) is 9.80. The average Bonchev–Trinajstić information content (AvgIpc) is 2.38. The van der Waals surface area contributed by atoms with Gasteiger partial charge in [-0.25, -0.2) is 0 Å². The van der Waals surface area contributed by atoms with Crippen LogP contribution in [0.5, 0.6) is 0 Å². The van der Waals surface area contributed by atoms with Crippen molar-refractivity contribution in [1.82, 2.24) is 4.90 Å². The molecule has 4 heteroatoms. The van der Waals surface area contributed by atoms with Crippen LogP contribution in [-0.4, -0.2) is 36.5 Å². The number of nitrogens with one attached hydrogen (secondary N) is 1. The Morgan fingerprint density at radius 3 is 2.55 bits per heavy atom. The molecular weight excluding hydrogens is 250 g/mol. The number of benzene rings is 1. The summed E-state index contributed by atoms with van der Waals surface area (Å²) < 4.78 is 5.48. The summed E-state index contributed by atoms with van der Waals surface area (Å²) in [6, 6.07) is 8.80. The summed E-state index contributed by atoms with van der Waals surface area (Å²) in [6.07, 6.45) is -0.252. The molecule has 3 N–H and O–H groups in total. The van der Waals surface area contributed by atoms with Crippen LogP contribution in [0.25, 0.3) is 0 Å². The Balaban J connectivity index is 1.98. The summed E-state index contributed by atoms with van der Waals surface area (Å²) in [5.74, 6) is 0.123. The van der Waals surface area contributed by atoms with Gasteiger partial charge in [-0.3, -0.25) is 10.3 Å². The van der Waals surface area contributed by atoms with Gasteiger partial charge in [0.15, 0.2) is 0 Å². The van der Waals surface area contributed by atoms with Gasteiger partial charge in [0.05, 0.1) is 6.61 Å². The van der Waals surface area contributed by atoms with Crippen molar-refractivity contribution < 1.29 is 4.74 Å². The Kier molecular flexibility index (Phi) is 4.45. The van der Waals surface area contributed by atoms with Crippen molar-refractivity contribution in [1.29, 1.82) is 5.41 Å². The van der Waals surface area contributed by atoms with Crippen LogP contribution in [0.4, 0.5) is 0 Å². The number of nitrogens with zero attached hydrogens (tertiary/aromatic N) is 1. The molecule has 0 aromatic heterocycles. The molecule has 0 radical (unpaired) electrons. The van der Waals surface area contributed by atoms with Gasteiger partial charge in [-0.05, 0) is 16.5 Å². The second-order valence-electron chi connectivity index (χ2n) is 6.50. The maximum absolute atomic E-state index is 7.48. The molecule has 0 saturated carbocycles. The van der Waals surface area contributed by atoms with Crippen LogP contribution < -0.4 is 5.73 Å². The highest BCUT2D eigenvalue weighted by Crippen LogP contribution is 2.22. The standard InChI is InChI=1S/C16H25N3O/c1-16(2,3)13-6-4-12(5-7-13)10-19-8-9-20-14(11-19)15(17)18/h4-7,14H,8-11H2,1-3H3,(H3,17,18). The minimum atomic E-state index is -0.252. The quantitative estimate of drug-likeness (QED) is 0.656. The van der Waals surface area contributed by atoms with E-state index in [9.17, 15) is 0 Å². The number of amidine groups is 1. The maximum Gasteiger partial charge on any atom is 0.127 e. The molecule has 2 rings (SSSR count). The molecule has 0 aliphatic carbocycles. The first-order valence-electron chi connectivity index (χ1n) is 7.13. The Labute approximate surface area is 121 Å². The minimum Gasteiger partial charge on any atom is -0.385 e. The van der Waals surface area contributed by atoms with Gasteiger partial charge in [-0.2, -0.15) is 0 Å². The van der Waals surface area contributed by atoms with E-state index in [0.717, 1.165) is 13.1 Å². The zero-order chi connectivity index (χ0) is 14.8. The third-order valence-corrected chi connectivity index (χ3v) is 3.72. The van der Waals surface area contributed by atoms with Gasteiger partial charge in [0, 0.05) is 19.6 Å². The molecule has 110 valence electrons. The first-order chi connectivity index (χ1) is 9.36. The first-order valence-corrected chi connectivity index (χ1v) is 7.13. The van der Waals surface area contributed by atoms with Crippen molar-refractivity contribution in [2.24, 2.45) is 5.73 Å². The second kappa shape index (κ2) is 5.94.